The van der Waals surface area contributed by atoms with Crippen LogP contribution in [0.4, 0.5) is 0 Å². The molecule has 90 valence electrons. The van der Waals surface area contributed by atoms with Crippen LogP contribution in [0.1, 0.15) is 31.1 Å². The average Bonchev–Trinajstić information content (AvgIpc) is 2.67. The fourth-order valence-electron chi connectivity index (χ4n) is 2.84. The average molecular weight is 230 g/mol. The molecule has 0 amide bonds. The summed E-state index contributed by atoms with van der Waals surface area (Å²) in [6.07, 6.45) is 1.08. The lowest BCUT2D eigenvalue weighted by molar-refractivity contribution is 0.415. The van der Waals surface area contributed by atoms with E-state index in [0.29, 0.717) is 12.1 Å². The minimum atomic E-state index is 0.396. The molecule has 0 spiro atoms. The summed E-state index contributed by atoms with van der Waals surface area (Å²) in [5.74, 6) is 0.929. The molecule has 0 fully saturated rings. The van der Waals surface area contributed by atoms with Gasteiger partial charge in [0.25, 0.3) is 0 Å². The Balaban J connectivity index is 2.22. The Kier molecular flexibility index (Phi) is 2.37. The van der Waals surface area contributed by atoms with Gasteiger partial charge in [0.1, 0.15) is 5.75 Å². The summed E-state index contributed by atoms with van der Waals surface area (Å²) < 4.78 is 5.31. The smallest absolute Gasteiger partial charge is 0.119 e. The van der Waals surface area contributed by atoms with Crippen LogP contribution in [0.2, 0.25) is 0 Å². The van der Waals surface area contributed by atoms with Gasteiger partial charge in [0.2, 0.25) is 0 Å². The Morgan fingerprint density at radius 1 is 1.29 bits per heavy atom. The first-order valence-corrected chi connectivity index (χ1v) is 6.13. The summed E-state index contributed by atoms with van der Waals surface area (Å²) in [7, 11) is 1.72. The number of hydrogen-bond acceptors (Lipinski definition) is 2. The minimum Gasteiger partial charge on any atom is -0.497 e. The lowest BCUT2D eigenvalue weighted by Crippen LogP contribution is -2.35. The monoisotopic (exact) mass is 230 g/mol. The Labute approximate surface area is 101 Å². The van der Waals surface area contributed by atoms with E-state index in [1.54, 1.807) is 7.11 Å². The van der Waals surface area contributed by atoms with Crippen molar-refractivity contribution < 1.29 is 4.74 Å². The summed E-state index contributed by atoms with van der Waals surface area (Å²) in [6.45, 7) is 4.44. The number of aromatic nitrogens is 1. The molecule has 0 saturated carbocycles. The molecule has 2 atom stereocenters. The molecule has 1 aromatic heterocycles. The molecule has 3 nitrogen and oxygen atoms in total. The van der Waals surface area contributed by atoms with Gasteiger partial charge in [-0.15, -0.1) is 0 Å². The molecule has 2 N–H and O–H groups in total. The van der Waals surface area contributed by atoms with E-state index < -0.39 is 0 Å². The number of aromatic amines is 1. The number of ether oxygens (including phenoxy) is 1. The molecule has 2 heterocycles. The Morgan fingerprint density at radius 2 is 2.12 bits per heavy atom. The summed E-state index contributed by atoms with van der Waals surface area (Å²) in [4.78, 5) is 3.52. The number of rotatable bonds is 1. The first-order chi connectivity index (χ1) is 8.19. The zero-order valence-electron chi connectivity index (χ0n) is 10.5. The number of hydrogen-bond donors (Lipinski definition) is 2. The zero-order valence-corrected chi connectivity index (χ0v) is 10.5. The normalized spacial score (nSPS) is 23.7. The Morgan fingerprint density at radius 3 is 2.88 bits per heavy atom. The first-order valence-electron chi connectivity index (χ1n) is 6.13. The van der Waals surface area contributed by atoms with Crippen molar-refractivity contribution in [1.29, 1.82) is 0 Å². The third kappa shape index (κ3) is 1.62. The lowest BCUT2D eigenvalue weighted by Gasteiger charge is -2.26. The third-order valence-electron chi connectivity index (χ3n) is 3.62. The third-order valence-corrected chi connectivity index (χ3v) is 3.62. The predicted molar refractivity (Wildman–Crippen MR) is 69.6 cm³/mol. The highest BCUT2D eigenvalue weighted by atomic mass is 16.5. The van der Waals surface area contributed by atoms with Crippen LogP contribution in [-0.2, 0) is 6.42 Å². The van der Waals surface area contributed by atoms with Crippen molar-refractivity contribution in [2.45, 2.75) is 32.4 Å². The van der Waals surface area contributed by atoms with E-state index in [9.17, 15) is 0 Å². The maximum Gasteiger partial charge on any atom is 0.119 e. The summed E-state index contributed by atoms with van der Waals surface area (Å²) >= 11 is 0. The van der Waals surface area contributed by atoms with Crippen LogP contribution in [0.3, 0.4) is 0 Å². The maximum absolute atomic E-state index is 5.31. The molecule has 1 aliphatic heterocycles. The van der Waals surface area contributed by atoms with Gasteiger partial charge >= 0.3 is 0 Å². The second-order valence-electron chi connectivity index (χ2n) is 4.92. The van der Waals surface area contributed by atoms with Crippen LogP contribution in [0.5, 0.6) is 5.75 Å². The van der Waals surface area contributed by atoms with E-state index >= 15 is 0 Å². The fraction of sp³-hybridized carbons (Fsp3) is 0.429. The van der Waals surface area contributed by atoms with E-state index in [1.165, 1.54) is 22.2 Å². The number of H-pyrrole nitrogens is 1. The molecule has 17 heavy (non-hydrogen) atoms. The van der Waals surface area contributed by atoms with Gasteiger partial charge in [0.15, 0.2) is 0 Å². The van der Waals surface area contributed by atoms with Gasteiger partial charge < -0.3 is 15.0 Å². The van der Waals surface area contributed by atoms with Crippen molar-refractivity contribution in [3.63, 3.8) is 0 Å². The minimum absolute atomic E-state index is 0.396. The van der Waals surface area contributed by atoms with Crippen LogP contribution >= 0.6 is 0 Å². The number of methoxy groups -OCH3 is 1. The molecule has 0 saturated heterocycles. The largest absolute Gasteiger partial charge is 0.497 e. The van der Waals surface area contributed by atoms with Crippen molar-refractivity contribution in [2.75, 3.05) is 7.11 Å². The van der Waals surface area contributed by atoms with Crippen LogP contribution in [-0.4, -0.2) is 18.1 Å². The lowest BCUT2D eigenvalue weighted by atomic mass is 9.95. The van der Waals surface area contributed by atoms with Gasteiger partial charge in [-0.3, -0.25) is 0 Å². The zero-order chi connectivity index (χ0) is 12.0. The molecule has 1 aromatic carbocycles. The molecule has 1 aliphatic rings. The van der Waals surface area contributed by atoms with Crippen molar-refractivity contribution in [3.8, 4) is 5.75 Å². The Bertz CT molecular complexity index is 559. The molecule has 3 heteroatoms. The number of benzene rings is 1. The van der Waals surface area contributed by atoms with Crippen LogP contribution in [0.15, 0.2) is 18.2 Å². The molecule has 2 aromatic rings. The second kappa shape index (κ2) is 3.77. The fourth-order valence-corrected chi connectivity index (χ4v) is 2.84. The van der Waals surface area contributed by atoms with Gasteiger partial charge in [-0.1, -0.05) is 0 Å². The van der Waals surface area contributed by atoms with E-state index in [1.807, 2.05) is 6.07 Å². The molecule has 0 radical (unpaired) electrons. The first kappa shape index (κ1) is 10.7. The summed E-state index contributed by atoms with van der Waals surface area (Å²) in [6, 6.07) is 7.17. The van der Waals surface area contributed by atoms with Crippen molar-refractivity contribution in [1.82, 2.24) is 10.3 Å². The molecular weight excluding hydrogens is 212 g/mol. The van der Waals surface area contributed by atoms with E-state index in [-0.39, 0.29) is 0 Å². The molecular formula is C14H18N2O. The molecule has 0 bridgehead atoms. The quantitative estimate of drug-likeness (QED) is 0.790. The summed E-state index contributed by atoms with van der Waals surface area (Å²) in [5, 5.41) is 4.87. The van der Waals surface area contributed by atoms with Gasteiger partial charge in [-0.2, -0.15) is 0 Å². The molecule has 0 unspecified atom stereocenters. The van der Waals surface area contributed by atoms with Crippen molar-refractivity contribution in [2.24, 2.45) is 0 Å². The highest BCUT2D eigenvalue weighted by Crippen LogP contribution is 2.33. The topological polar surface area (TPSA) is 37.0 Å². The van der Waals surface area contributed by atoms with Crippen LogP contribution < -0.4 is 10.1 Å². The van der Waals surface area contributed by atoms with Gasteiger partial charge in [-0.05, 0) is 44.0 Å². The van der Waals surface area contributed by atoms with E-state index in [2.05, 4.69) is 36.3 Å². The van der Waals surface area contributed by atoms with Gasteiger partial charge in [-0.25, -0.2) is 0 Å². The van der Waals surface area contributed by atoms with Gasteiger partial charge in [0.05, 0.1) is 7.11 Å². The predicted octanol–water partition coefficient (Wildman–Crippen LogP) is 2.77. The summed E-state index contributed by atoms with van der Waals surface area (Å²) in [5.41, 5.74) is 3.97. The van der Waals surface area contributed by atoms with E-state index in [0.717, 1.165) is 12.2 Å². The molecule has 0 aliphatic carbocycles. The Hall–Kier alpha value is -1.48. The standard InChI is InChI=1S/C14H18N2O/c1-8-6-12-11-7-10(17-3)4-5-13(11)16-14(12)9(2)15-8/h4-5,7-9,15-16H,6H2,1-3H3/t8-,9-/m0/s1. The van der Waals surface area contributed by atoms with Crippen LogP contribution in [0, 0.1) is 0 Å². The molecule has 3 rings (SSSR count). The number of nitrogens with one attached hydrogen (secondary N) is 2. The SMILES string of the molecule is COc1ccc2[nH]c3c(c2c1)C[C@H](C)N[C@H]3C. The second-order valence-corrected chi connectivity index (χ2v) is 4.92. The van der Waals surface area contributed by atoms with Crippen molar-refractivity contribution >= 4 is 10.9 Å². The van der Waals surface area contributed by atoms with Crippen molar-refractivity contribution in [3.05, 3.63) is 29.5 Å². The highest BCUT2D eigenvalue weighted by Gasteiger charge is 2.24. The van der Waals surface area contributed by atoms with Crippen LogP contribution in [0.25, 0.3) is 10.9 Å². The van der Waals surface area contributed by atoms with Gasteiger partial charge in [0, 0.05) is 28.7 Å². The maximum atomic E-state index is 5.31. The highest BCUT2D eigenvalue weighted by molar-refractivity contribution is 5.86. The van der Waals surface area contributed by atoms with E-state index in [4.69, 9.17) is 4.74 Å². The number of fused-ring (bicyclic) bond motifs is 3.